The number of pyridine rings is 1. The molecule has 0 spiro atoms. The molecule has 0 fully saturated rings. The van der Waals surface area contributed by atoms with E-state index in [4.69, 9.17) is 9.84 Å². The predicted octanol–water partition coefficient (Wildman–Crippen LogP) is 4.59. The van der Waals surface area contributed by atoms with Gasteiger partial charge in [-0.2, -0.15) is 0 Å². The first kappa shape index (κ1) is 18.7. The van der Waals surface area contributed by atoms with Gasteiger partial charge < -0.3 is 14.8 Å². The first-order valence-electron chi connectivity index (χ1n) is 8.13. The molecule has 3 aromatic rings. The van der Waals surface area contributed by atoms with Gasteiger partial charge in [0, 0.05) is 28.0 Å². The van der Waals surface area contributed by atoms with Crippen LogP contribution >= 0.6 is 15.9 Å². The van der Waals surface area contributed by atoms with E-state index in [9.17, 15) is 9.59 Å². The molecule has 0 amide bonds. The second kappa shape index (κ2) is 8.51. The molecule has 27 heavy (non-hydrogen) atoms. The number of halogens is 1. The first-order valence-corrected chi connectivity index (χ1v) is 8.92. The van der Waals surface area contributed by atoms with Crippen LogP contribution in [-0.2, 0) is 6.61 Å². The number of carbonyl (C=O) groups is 1. The summed E-state index contributed by atoms with van der Waals surface area (Å²) < 4.78 is 6.81. The van der Waals surface area contributed by atoms with Crippen LogP contribution in [0.5, 0.6) is 5.75 Å². The van der Waals surface area contributed by atoms with Gasteiger partial charge in [-0.3, -0.25) is 4.79 Å². The maximum absolute atomic E-state index is 11.8. The number of carboxylic acids is 1. The fraction of sp³-hybridized carbons (Fsp3) is 0.0476. The van der Waals surface area contributed by atoms with Crippen LogP contribution in [-0.4, -0.2) is 16.1 Å². The molecule has 1 aromatic heterocycles. The molecule has 5 nitrogen and oxygen atoms in total. The van der Waals surface area contributed by atoms with Crippen LogP contribution in [0.2, 0.25) is 0 Å². The molecule has 0 saturated heterocycles. The van der Waals surface area contributed by atoms with E-state index in [-0.39, 0.29) is 5.56 Å². The molecule has 0 atom stereocenters. The number of hydrogen-bond donors (Lipinski definition) is 2. The summed E-state index contributed by atoms with van der Waals surface area (Å²) in [5, 5.41) is 8.92. The van der Waals surface area contributed by atoms with Crippen LogP contribution < -0.4 is 10.2 Å². The lowest BCUT2D eigenvalue weighted by Gasteiger charge is -2.10. The normalized spacial score (nSPS) is 10.9. The molecule has 0 aliphatic rings. The molecule has 3 rings (SSSR count). The second-order valence-electron chi connectivity index (χ2n) is 5.76. The van der Waals surface area contributed by atoms with Crippen molar-refractivity contribution in [2.75, 3.05) is 0 Å². The van der Waals surface area contributed by atoms with E-state index in [1.165, 1.54) is 12.3 Å². The summed E-state index contributed by atoms with van der Waals surface area (Å²) in [6.07, 6.45) is 4.69. The van der Waals surface area contributed by atoms with Gasteiger partial charge in [0.1, 0.15) is 17.9 Å². The minimum atomic E-state index is -1.25. The van der Waals surface area contributed by atoms with Crippen LogP contribution in [0.1, 0.15) is 27.2 Å². The number of ether oxygens (including phenoxy) is 1. The Bertz CT molecular complexity index is 1040. The SMILES string of the molecule is O=C(O)c1c[nH]c(/C=C/c2cc(Br)ccc2OCc2ccccc2)cc1=O. The van der Waals surface area contributed by atoms with Gasteiger partial charge in [0.15, 0.2) is 5.43 Å². The zero-order valence-corrected chi connectivity index (χ0v) is 15.8. The highest BCUT2D eigenvalue weighted by molar-refractivity contribution is 9.10. The molecular weight excluding hydrogens is 410 g/mol. The number of aromatic nitrogens is 1. The molecule has 1 heterocycles. The van der Waals surface area contributed by atoms with Crippen molar-refractivity contribution in [3.63, 3.8) is 0 Å². The minimum Gasteiger partial charge on any atom is -0.488 e. The van der Waals surface area contributed by atoms with Crippen molar-refractivity contribution in [2.45, 2.75) is 6.61 Å². The molecule has 6 heteroatoms. The van der Waals surface area contributed by atoms with Crippen LogP contribution in [0.25, 0.3) is 12.2 Å². The van der Waals surface area contributed by atoms with Crippen LogP contribution in [0.3, 0.4) is 0 Å². The third-order valence-corrected chi connectivity index (χ3v) is 4.31. The van der Waals surface area contributed by atoms with Gasteiger partial charge in [0.05, 0.1) is 0 Å². The molecule has 0 radical (unpaired) electrons. The quantitative estimate of drug-likeness (QED) is 0.605. The molecule has 0 bridgehead atoms. The molecule has 136 valence electrons. The van der Waals surface area contributed by atoms with E-state index in [0.29, 0.717) is 18.1 Å². The van der Waals surface area contributed by atoms with Gasteiger partial charge in [-0.25, -0.2) is 4.79 Å². The fourth-order valence-corrected chi connectivity index (χ4v) is 2.83. The number of benzene rings is 2. The Morgan fingerprint density at radius 1 is 1.11 bits per heavy atom. The summed E-state index contributed by atoms with van der Waals surface area (Å²) in [7, 11) is 0. The highest BCUT2D eigenvalue weighted by Gasteiger charge is 2.08. The Morgan fingerprint density at radius 3 is 2.59 bits per heavy atom. The van der Waals surface area contributed by atoms with Crippen LogP contribution in [0.15, 0.2) is 70.1 Å². The number of hydrogen-bond acceptors (Lipinski definition) is 3. The Hall–Kier alpha value is -3.12. The molecule has 0 aliphatic heterocycles. The number of rotatable bonds is 6. The monoisotopic (exact) mass is 425 g/mol. The third kappa shape index (κ3) is 4.95. The number of carboxylic acid groups (broad SMARTS) is 1. The van der Waals surface area contributed by atoms with Gasteiger partial charge in [-0.1, -0.05) is 46.3 Å². The smallest absolute Gasteiger partial charge is 0.341 e. The van der Waals surface area contributed by atoms with Crippen molar-refractivity contribution in [1.82, 2.24) is 4.98 Å². The van der Waals surface area contributed by atoms with E-state index < -0.39 is 11.4 Å². The zero-order valence-electron chi connectivity index (χ0n) is 14.2. The van der Waals surface area contributed by atoms with Crippen molar-refractivity contribution < 1.29 is 14.6 Å². The Balaban J connectivity index is 1.82. The highest BCUT2D eigenvalue weighted by atomic mass is 79.9. The lowest BCUT2D eigenvalue weighted by molar-refractivity contribution is 0.0695. The lowest BCUT2D eigenvalue weighted by Crippen LogP contribution is -2.14. The Kier molecular flexibility index (Phi) is 5.88. The average Bonchev–Trinajstić information content (AvgIpc) is 2.66. The third-order valence-electron chi connectivity index (χ3n) is 3.82. The molecule has 0 unspecified atom stereocenters. The standard InChI is InChI=1S/C21H16BrNO4/c22-16-7-9-20(27-13-14-4-2-1-3-5-14)15(10-16)6-8-17-11-19(24)18(12-23-17)21(25)26/h1-12H,13H2,(H,23,24)(H,25,26)/b8-6+. The summed E-state index contributed by atoms with van der Waals surface area (Å²) in [5.74, 6) is -0.557. The number of aromatic carboxylic acids is 1. The summed E-state index contributed by atoms with van der Waals surface area (Å²) in [6, 6.07) is 16.8. The van der Waals surface area contributed by atoms with Crippen molar-refractivity contribution in [2.24, 2.45) is 0 Å². The van der Waals surface area contributed by atoms with Crippen LogP contribution in [0.4, 0.5) is 0 Å². The van der Waals surface area contributed by atoms with Crippen LogP contribution in [0, 0.1) is 0 Å². The van der Waals surface area contributed by atoms with Gasteiger partial charge in [0.2, 0.25) is 0 Å². The average molecular weight is 426 g/mol. The van der Waals surface area contributed by atoms with Gasteiger partial charge in [-0.05, 0) is 35.9 Å². The van der Waals surface area contributed by atoms with Gasteiger partial charge in [0.25, 0.3) is 0 Å². The summed E-state index contributed by atoms with van der Waals surface area (Å²) >= 11 is 3.44. The van der Waals surface area contributed by atoms with E-state index in [1.54, 1.807) is 12.2 Å². The number of nitrogens with one attached hydrogen (secondary N) is 1. The maximum Gasteiger partial charge on any atom is 0.341 e. The summed E-state index contributed by atoms with van der Waals surface area (Å²) in [6.45, 7) is 0.438. The second-order valence-corrected chi connectivity index (χ2v) is 6.68. The largest absolute Gasteiger partial charge is 0.488 e. The fourth-order valence-electron chi connectivity index (χ4n) is 2.45. The van der Waals surface area contributed by atoms with Gasteiger partial charge >= 0.3 is 5.97 Å². The Labute approximate surface area is 164 Å². The predicted molar refractivity (Wildman–Crippen MR) is 108 cm³/mol. The number of H-pyrrole nitrogens is 1. The van der Waals surface area contributed by atoms with E-state index in [1.807, 2.05) is 48.5 Å². The summed E-state index contributed by atoms with van der Waals surface area (Å²) in [4.78, 5) is 25.5. The maximum atomic E-state index is 11.8. The van der Waals surface area contributed by atoms with Gasteiger partial charge in [-0.15, -0.1) is 0 Å². The Morgan fingerprint density at radius 2 is 1.89 bits per heavy atom. The van der Waals surface area contributed by atoms with E-state index >= 15 is 0 Å². The van der Waals surface area contributed by atoms with Crippen molar-refractivity contribution in [3.05, 3.63) is 97.9 Å². The molecule has 0 saturated carbocycles. The number of aromatic amines is 1. The van der Waals surface area contributed by atoms with E-state index in [0.717, 1.165) is 15.6 Å². The molecule has 2 N–H and O–H groups in total. The first-order chi connectivity index (χ1) is 13.0. The van der Waals surface area contributed by atoms with Crippen molar-refractivity contribution >= 4 is 34.1 Å². The van der Waals surface area contributed by atoms with Crippen molar-refractivity contribution in [3.8, 4) is 5.75 Å². The molecule has 0 aliphatic carbocycles. The van der Waals surface area contributed by atoms with Crippen molar-refractivity contribution in [1.29, 1.82) is 0 Å². The zero-order chi connectivity index (χ0) is 19.2. The molecular formula is C21H16BrNO4. The lowest BCUT2D eigenvalue weighted by atomic mass is 10.1. The summed E-state index contributed by atoms with van der Waals surface area (Å²) in [5.41, 5.74) is 1.54. The molecule has 2 aromatic carbocycles. The highest BCUT2D eigenvalue weighted by Crippen LogP contribution is 2.26. The van der Waals surface area contributed by atoms with E-state index in [2.05, 4.69) is 20.9 Å². The topological polar surface area (TPSA) is 79.4 Å². The minimum absolute atomic E-state index is 0.290.